The Morgan fingerprint density at radius 2 is 2.08 bits per heavy atom. The molecule has 0 aliphatic carbocycles. The molecule has 0 aromatic carbocycles. The van der Waals surface area contributed by atoms with E-state index in [1.54, 1.807) is 7.11 Å². The lowest BCUT2D eigenvalue weighted by molar-refractivity contribution is 0.395. The van der Waals surface area contributed by atoms with E-state index in [9.17, 15) is 0 Å². The predicted molar refractivity (Wildman–Crippen MR) is 52.8 cm³/mol. The van der Waals surface area contributed by atoms with Crippen molar-refractivity contribution >= 4 is 21.7 Å². The van der Waals surface area contributed by atoms with E-state index in [4.69, 9.17) is 4.74 Å². The topological polar surface area (TPSA) is 25.4 Å². The summed E-state index contributed by atoms with van der Waals surface area (Å²) >= 11 is 3.33. The monoisotopic (exact) mass is 230 g/mol. The molecule has 4 heteroatoms. The van der Waals surface area contributed by atoms with Gasteiger partial charge in [-0.15, -0.1) is 0 Å². The molecule has 0 aliphatic rings. The average Bonchev–Trinajstić information content (AvgIpc) is 2.05. The van der Waals surface area contributed by atoms with Crippen LogP contribution in [0.1, 0.15) is 0 Å². The third kappa shape index (κ3) is 1.88. The first-order chi connectivity index (χ1) is 5.65. The van der Waals surface area contributed by atoms with Crippen molar-refractivity contribution in [1.82, 2.24) is 4.98 Å². The molecule has 66 valence electrons. The van der Waals surface area contributed by atoms with E-state index in [1.165, 1.54) is 0 Å². The molecule has 0 atom stereocenters. The summed E-state index contributed by atoms with van der Waals surface area (Å²) in [6.45, 7) is 0. The molecule has 0 unspecified atom stereocenters. The van der Waals surface area contributed by atoms with Gasteiger partial charge in [0.25, 0.3) is 0 Å². The number of methoxy groups -OCH3 is 1. The van der Waals surface area contributed by atoms with Gasteiger partial charge in [0.05, 0.1) is 11.6 Å². The van der Waals surface area contributed by atoms with E-state index in [-0.39, 0.29) is 0 Å². The van der Waals surface area contributed by atoms with E-state index in [1.807, 2.05) is 31.1 Å². The van der Waals surface area contributed by atoms with Crippen molar-refractivity contribution in [2.24, 2.45) is 0 Å². The van der Waals surface area contributed by atoms with Gasteiger partial charge in [0.1, 0.15) is 5.82 Å². The highest BCUT2D eigenvalue weighted by molar-refractivity contribution is 9.10. The largest absolute Gasteiger partial charge is 0.480 e. The first-order valence-electron chi connectivity index (χ1n) is 3.53. The smallest absolute Gasteiger partial charge is 0.229 e. The summed E-state index contributed by atoms with van der Waals surface area (Å²) in [6, 6.07) is 3.84. The maximum atomic E-state index is 5.05. The summed E-state index contributed by atoms with van der Waals surface area (Å²) in [5.41, 5.74) is 0. The van der Waals surface area contributed by atoms with E-state index >= 15 is 0 Å². The Morgan fingerprint density at radius 1 is 1.42 bits per heavy atom. The molecular formula is C8H11BrN2O. The second kappa shape index (κ2) is 3.76. The molecule has 0 saturated heterocycles. The normalized spacial score (nSPS) is 9.67. The Balaban J connectivity index is 3.05. The first kappa shape index (κ1) is 9.32. The molecule has 0 radical (unpaired) electrons. The summed E-state index contributed by atoms with van der Waals surface area (Å²) in [4.78, 5) is 6.17. The molecule has 1 aromatic rings. The lowest BCUT2D eigenvalue weighted by atomic mass is 10.4. The van der Waals surface area contributed by atoms with Gasteiger partial charge >= 0.3 is 0 Å². The summed E-state index contributed by atoms with van der Waals surface area (Å²) in [5, 5.41) is 0. The van der Waals surface area contributed by atoms with Crippen LogP contribution in [0.3, 0.4) is 0 Å². The standard InChI is InChI=1S/C8H11BrN2O/c1-11(2)7-5-4-6(9)8(10-7)12-3/h4-5H,1-3H3. The summed E-state index contributed by atoms with van der Waals surface area (Å²) < 4.78 is 5.92. The van der Waals surface area contributed by atoms with Crippen molar-refractivity contribution in [3.05, 3.63) is 16.6 Å². The number of nitrogens with zero attached hydrogens (tertiary/aromatic N) is 2. The van der Waals surface area contributed by atoms with Crippen LogP contribution in [0.15, 0.2) is 16.6 Å². The molecule has 12 heavy (non-hydrogen) atoms. The molecule has 0 aliphatic heterocycles. The molecule has 0 saturated carbocycles. The number of hydrogen-bond acceptors (Lipinski definition) is 3. The van der Waals surface area contributed by atoms with Crippen molar-refractivity contribution in [2.75, 3.05) is 26.1 Å². The van der Waals surface area contributed by atoms with Crippen molar-refractivity contribution in [2.45, 2.75) is 0 Å². The number of aromatic nitrogens is 1. The highest BCUT2D eigenvalue weighted by Gasteiger charge is 2.03. The van der Waals surface area contributed by atoms with Gasteiger partial charge in [-0.1, -0.05) is 0 Å². The third-order valence-corrected chi connectivity index (χ3v) is 2.05. The van der Waals surface area contributed by atoms with Gasteiger partial charge in [0.15, 0.2) is 0 Å². The van der Waals surface area contributed by atoms with Crippen LogP contribution in [0.25, 0.3) is 0 Å². The summed E-state index contributed by atoms with van der Waals surface area (Å²) in [5.74, 6) is 1.50. The lowest BCUT2D eigenvalue weighted by Gasteiger charge is -2.12. The number of anilines is 1. The molecule has 1 rings (SSSR count). The Kier molecular flexibility index (Phi) is 2.92. The van der Waals surface area contributed by atoms with Crippen molar-refractivity contribution in [3.8, 4) is 5.88 Å². The molecule has 3 nitrogen and oxygen atoms in total. The fourth-order valence-corrected chi connectivity index (χ4v) is 1.19. The summed E-state index contributed by atoms with van der Waals surface area (Å²) in [6.07, 6.45) is 0. The lowest BCUT2D eigenvalue weighted by Crippen LogP contribution is -2.10. The molecular weight excluding hydrogens is 220 g/mol. The van der Waals surface area contributed by atoms with Gasteiger partial charge in [-0.25, -0.2) is 0 Å². The fourth-order valence-electron chi connectivity index (χ4n) is 0.806. The van der Waals surface area contributed by atoms with Crippen molar-refractivity contribution in [3.63, 3.8) is 0 Å². The number of pyridine rings is 1. The predicted octanol–water partition coefficient (Wildman–Crippen LogP) is 1.92. The molecule has 0 N–H and O–H groups in total. The minimum absolute atomic E-state index is 0.612. The number of halogens is 1. The summed E-state index contributed by atoms with van der Waals surface area (Å²) in [7, 11) is 5.48. The van der Waals surface area contributed by atoms with Crippen molar-refractivity contribution in [1.29, 1.82) is 0 Å². The molecule has 0 spiro atoms. The third-order valence-electron chi connectivity index (χ3n) is 1.45. The Hall–Kier alpha value is -0.770. The minimum atomic E-state index is 0.612. The SMILES string of the molecule is COc1nc(N(C)C)ccc1Br. The average molecular weight is 231 g/mol. The molecule has 0 fully saturated rings. The second-order valence-electron chi connectivity index (χ2n) is 2.55. The minimum Gasteiger partial charge on any atom is -0.480 e. The van der Waals surface area contributed by atoms with Gasteiger partial charge in [-0.2, -0.15) is 4.98 Å². The molecule has 0 bridgehead atoms. The number of hydrogen-bond donors (Lipinski definition) is 0. The highest BCUT2D eigenvalue weighted by atomic mass is 79.9. The fraction of sp³-hybridized carbons (Fsp3) is 0.375. The Morgan fingerprint density at radius 3 is 2.58 bits per heavy atom. The molecule has 0 amide bonds. The van der Waals surface area contributed by atoms with Crippen LogP contribution in [0.5, 0.6) is 5.88 Å². The number of ether oxygens (including phenoxy) is 1. The van der Waals surface area contributed by atoms with Crippen molar-refractivity contribution < 1.29 is 4.74 Å². The highest BCUT2D eigenvalue weighted by Crippen LogP contribution is 2.24. The molecule has 1 heterocycles. The van der Waals surface area contributed by atoms with E-state index in [0.29, 0.717) is 5.88 Å². The zero-order valence-corrected chi connectivity index (χ0v) is 8.92. The van der Waals surface area contributed by atoms with Gasteiger partial charge in [0, 0.05) is 14.1 Å². The number of rotatable bonds is 2. The Bertz CT molecular complexity index is 276. The van der Waals surface area contributed by atoms with E-state index < -0.39 is 0 Å². The Labute approximate surface area is 80.5 Å². The van der Waals surface area contributed by atoms with Gasteiger partial charge < -0.3 is 9.64 Å². The first-order valence-corrected chi connectivity index (χ1v) is 4.32. The maximum Gasteiger partial charge on any atom is 0.229 e. The molecule has 1 aromatic heterocycles. The van der Waals surface area contributed by atoms with Crippen LogP contribution in [0.4, 0.5) is 5.82 Å². The van der Waals surface area contributed by atoms with Crippen LogP contribution in [-0.2, 0) is 0 Å². The van der Waals surface area contributed by atoms with E-state index in [0.717, 1.165) is 10.3 Å². The second-order valence-corrected chi connectivity index (χ2v) is 3.41. The van der Waals surface area contributed by atoms with Crippen LogP contribution in [0.2, 0.25) is 0 Å². The van der Waals surface area contributed by atoms with Gasteiger partial charge in [-0.3, -0.25) is 0 Å². The zero-order valence-electron chi connectivity index (χ0n) is 7.34. The van der Waals surface area contributed by atoms with Crippen LogP contribution < -0.4 is 9.64 Å². The van der Waals surface area contributed by atoms with Gasteiger partial charge in [-0.05, 0) is 28.1 Å². The van der Waals surface area contributed by atoms with E-state index in [2.05, 4.69) is 20.9 Å². The van der Waals surface area contributed by atoms with Crippen LogP contribution in [-0.4, -0.2) is 26.2 Å². The zero-order chi connectivity index (χ0) is 9.14. The van der Waals surface area contributed by atoms with Gasteiger partial charge in [0.2, 0.25) is 5.88 Å². The van der Waals surface area contributed by atoms with Crippen LogP contribution >= 0.6 is 15.9 Å². The quantitative estimate of drug-likeness (QED) is 0.777. The maximum absolute atomic E-state index is 5.05. The van der Waals surface area contributed by atoms with Crippen LogP contribution in [0, 0.1) is 0 Å².